The van der Waals surface area contributed by atoms with Crippen molar-refractivity contribution in [2.45, 2.75) is 32.4 Å². The minimum absolute atomic E-state index is 0.0515. The molecule has 1 atom stereocenters. The molecule has 0 heterocycles. The van der Waals surface area contributed by atoms with E-state index in [-0.39, 0.29) is 34.6 Å². The van der Waals surface area contributed by atoms with Crippen LogP contribution in [0, 0.1) is 5.82 Å². The van der Waals surface area contributed by atoms with Crippen molar-refractivity contribution in [3.05, 3.63) is 99.8 Å². The first-order valence-electron chi connectivity index (χ1n) is 12.3. The van der Waals surface area contributed by atoms with Gasteiger partial charge in [-0.3, -0.25) is 13.9 Å². The van der Waals surface area contributed by atoms with Crippen LogP contribution in [0.1, 0.15) is 24.5 Å². The van der Waals surface area contributed by atoms with E-state index < -0.39 is 34.3 Å². The van der Waals surface area contributed by atoms with Gasteiger partial charge in [0.05, 0.1) is 11.9 Å². The Morgan fingerprint density at radius 1 is 0.949 bits per heavy atom. The molecule has 0 radical (unpaired) electrons. The van der Waals surface area contributed by atoms with Crippen LogP contribution in [0.3, 0.4) is 0 Å². The lowest BCUT2D eigenvalue weighted by Gasteiger charge is -2.33. The van der Waals surface area contributed by atoms with Crippen LogP contribution in [-0.2, 0) is 32.6 Å². The molecule has 208 valence electrons. The van der Waals surface area contributed by atoms with Crippen LogP contribution >= 0.6 is 23.2 Å². The predicted octanol–water partition coefficient (Wildman–Crippen LogP) is 5.06. The third-order valence-corrected chi connectivity index (χ3v) is 7.48. The van der Waals surface area contributed by atoms with Gasteiger partial charge in [0, 0.05) is 29.6 Å². The van der Waals surface area contributed by atoms with Crippen LogP contribution < -0.4 is 9.62 Å². The van der Waals surface area contributed by atoms with Gasteiger partial charge in [-0.2, -0.15) is 0 Å². The minimum Gasteiger partial charge on any atom is -0.354 e. The van der Waals surface area contributed by atoms with E-state index in [2.05, 4.69) is 5.32 Å². The lowest BCUT2D eigenvalue weighted by Crippen LogP contribution is -2.53. The average molecular weight is 595 g/mol. The van der Waals surface area contributed by atoms with Gasteiger partial charge in [-0.1, -0.05) is 72.6 Å². The number of anilines is 1. The Kier molecular flexibility index (Phi) is 10.7. The van der Waals surface area contributed by atoms with Crippen LogP contribution in [0.25, 0.3) is 0 Å². The van der Waals surface area contributed by atoms with E-state index in [1.807, 2.05) is 37.3 Å². The van der Waals surface area contributed by atoms with Crippen LogP contribution in [0.4, 0.5) is 10.1 Å². The first-order chi connectivity index (χ1) is 18.5. The summed E-state index contributed by atoms with van der Waals surface area (Å²) in [6.07, 6.45) is 1.84. The summed E-state index contributed by atoms with van der Waals surface area (Å²) < 4.78 is 40.1. The molecule has 0 aliphatic rings. The summed E-state index contributed by atoms with van der Waals surface area (Å²) >= 11 is 12.2. The number of carbonyl (C=O) groups excluding carboxylic acids is 2. The van der Waals surface area contributed by atoms with Crippen molar-refractivity contribution in [3.63, 3.8) is 0 Å². The van der Waals surface area contributed by atoms with E-state index >= 15 is 0 Å². The van der Waals surface area contributed by atoms with Gasteiger partial charge in [0.1, 0.15) is 18.4 Å². The Labute approximate surface area is 238 Å². The second-order valence-corrected chi connectivity index (χ2v) is 11.8. The van der Waals surface area contributed by atoms with E-state index in [0.717, 1.165) is 16.1 Å². The molecular weight excluding hydrogens is 564 g/mol. The largest absolute Gasteiger partial charge is 0.354 e. The Morgan fingerprint density at radius 2 is 1.56 bits per heavy atom. The standard InChI is InChI=1S/C28H30Cl2FN3O4S/c1-3-13-32-28(36)26(14-20-7-5-4-6-8-20)33(18-21-9-11-24(31)12-10-21)27(35)19-34(39(2,37)38)25-16-22(29)15-23(30)17-25/h4-12,15-17,26H,3,13-14,18-19H2,1-2H3,(H,32,36)/t26-/m0/s1. The van der Waals surface area contributed by atoms with Crippen LogP contribution in [0.2, 0.25) is 10.0 Å². The number of hydrogen-bond acceptors (Lipinski definition) is 4. The molecule has 39 heavy (non-hydrogen) atoms. The highest BCUT2D eigenvalue weighted by atomic mass is 35.5. The molecule has 3 aromatic carbocycles. The third kappa shape index (κ3) is 8.95. The molecule has 7 nitrogen and oxygen atoms in total. The smallest absolute Gasteiger partial charge is 0.244 e. The maximum absolute atomic E-state index is 13.9. The molecular formula is C28H30Cl2FN3O4S. The Balaban J connectivity index is 2.05. The molecule has 0 fully saturated rings. The van der Waals surface area contributed by atoms with Gasteiger partial charge >= 0.3 is 0 Å². The number of halogens is 3. The molecule has 0 spiro atoms. The Bertz CT molecular complexity index is 1370. The molecule has 3 rings (SSSR count). The number of carbonyl (C=O) groups is 2. The highest BCUT2D eigenvalue weighted by Crippen LogP contribution is 2.27. The van der Waals surface area contributed by atoms with Crippen LogP contribution in [-0.4, -0.2) is 50.5 Å². The van der Waals surface area contributed by atoms with Gasteiger partial charge in [-0.15, -0.1) is 0 Å². The molecule has 0 aliphatic heterocycles. The summed E-state index contributed by atoms with van der Waals surface area (Å²) in [4.78, 5) is 28.7. The molecule has 0 saturated carbocycles. The average Bonchev–Trinajstić information content (AvgIpc) is 2.88. The zero-order valence-corrected chi connectivity index (χ0v) is 23.9. The molecule has 0 unspecified atom stereocenters. The van der Waals surface area contributed by atoms with Crippen LogP contribution in [0.5, 0.6) is 0 Å². The van der Waals surface area contributed by atoms with Crippen molar-refractivity contribution in [3.8, 4) is 0 Å². The van der Waals surface area contributed by atoms with Crippen molar-refractivity contribution in [2.24, 2.45) is 0 Å². The fourth-order valence-electron chi connectivity index (χ4n) is 4.00. The summed E-state index contributed by atoms with van der Waals surface area (Å²) in [5.41, 5.74) is 1.50. The summed E-state index contributed by atoms with van der Waals surface area (Å²) in [7, 11) is -3.96. The molecule has 3 aromatic rings. The van der Waals surface area contributed by atoms with E-state index in [9.17, 15) is 22.4 Å². The number of nitrogens with zero attached hydrogens (tertiary/aromatic N) is 2. The number of rotatable bonds is 12. The van der Waals surface area contributed by atoms with Crippen molar-refractivity contribution in [1.29, 1.82) is 0 Å². The molecule has 2 amide bonds. The van der Waals surface area contributed by atoms with Crippen molar-refractivity contribution in [2.75, 3.05) is 23.7 Å². The summed E-state index contributed by atoms with van der Waals surface area (Å²) in [5.74, 6) is -1.46. The molecule has 0 aliphatic carbocycles. The van der Waals surface area contributed by atoms with Gasteiger partial charge in [-0.25, -0.2) is 12.8 Å². The number of hydrogen-bond donors (Lipinski definition) is 1. The predicted molar refractivity (Wildman–Crippen MR) is 153 cm³/mol. The zero-order chi connectivity index (χ0) is 28.6. The maximum Gasteiger partial charge on any atom is 0.244 e. The fourth-order valence-corrected chi connectivity index (χ4v) is 5.35. The Hall–Kier alpha value is -3.14. The van der Waals surface area contributed by atoms with Crippen LogP contribution in [0.15, 0.2) is 72.8 Å². The number of sulfonamides is 1. The molecule has 0 aromatic heterocycles. The van der Waals surface area contributed by atoms with Gasteiger partial charge in [0.15, 0.2) is 0 Å². The van der Waals surface area contributed by atoms with E-state index in [1.54, 1.807) is 0 Å². The van der Waals surface area contributed by atoms with Crippen molar-refractivity contribution < 1.29 is 22.4 Å². The summed E-state index contributed by atoms with van der Waals surface area (Å²) in [6, 6.07) is 18.0. The SMILES string of the molecule is CCCNC(=O)[C@H](Cc1ccccc1)N(Cc1ccc(F)cc1)C(=O)CN(c1cc(Cl)cc(Cl)c1)S(C)(=O)=O. The minimum atomic E-state index is -3.96. The highest BCUT2D eigenvalue weighted by Gasteiger charge is 2.33. The molecule has 11 heteroatoms. The molecule has 0 saturated heterocycles. The second-order valence-electron chi connectivity index (χ2n) is 9.04. The Morgan fingerprint density at radius 3 is 2.13 bits per heavy atom. The summed E-state index contributed by atoms with van der Waals surface area (Å²) in [6.45, 7) is 1.65. The zero-order valence-electron chi connectivity index (χ0n) is 21.6. The van der Waals surface area contributed by atoms with E-state index in [0.29, 0.717) is 18.5 Å². The van der Waals surface area contributed by atoms with Gasteiger partial charge in [0.2, 0.25) is 21.8 Å². The number of nitrogens with one attached hydrogen (secondary N) is 1. The number of amides is 2. The topological polar surface area (TPSA) is 86.8 Å². The van der Waals surface area contributed by atoms with Gasteiger partial charge in [0.25, 0.3) is 0 Å². The molecule has 1 N–H and O–H groups in total. The van der Waals surface area contributed by atoms with E-state index in [1.165, 1.54) is 47.4 Å². The lowest BCUT2D eigenvalue weighted by atomic mass is 10.0. The maximum atomic E-state index is 13.9. The highest BCUT2D eigenvalue weighted by molar-refractivity contribution is 7.92. The first kappa shape index (κ1) is 30.4. The quantitative estimate of drug-likeness (QED) is 0.318. The lowest BCUT2D eigenvalue weighted by molar-refractivity contribution is -0.140. The molecule has 0 bridgehead atoms. The van der Waals surface area contributed by atoms with Crippen molar-refractivity contribution in [1.82, 2.24) is 10.2 Å². The van der Waals surface area contributed by atoms with E-state index in [4.69, 9.17) is 23.2 Å². The fraction of sp³-hybridized carbons (Fsp3) is 0.286. The van der Waals surface area contributed by atoms with Gasteiger partial charge < -0.3 is 10.2 Å². The normalized spacial score (nSPS) is 12.0. The second kappa shape index (κ2) is 13.8. The first-order valence-corrected chi connectivity index (χ1v) is 14.9. The third-order valence-electron chi connectivity index (χ3n) is 5.90. The van der Waals surface area contributed by atoms with Gasteiger partial charge in [-0.05, 0) is 47.9 Å². The number of benzene rings is 3. The summed E-state index contributed by atoms with van der Waals surface area (Å²) in [5, 5.41) is 3.25. The van der Waals surface area contributed by atoms with Crippen molar-refractivity contribution >= 4 is 50.7 Å². The monoisotopic (exact) mass is 593 g/mol.